The number of rotatable bonds is 8. The fraction of sp³-hybridized carbons (Fsp3) is 0.583. The zero-order chi connectivity index (χ0) is 25.2. The van der Waals surface area contributed by atoms with Crippen LogP contribution in [0.15, 0.2) is 36.4 Å². The number of hydrogen-bond donors (Lipinski definition) is 2. The van der Waals surface area contributed by atoms with Crippen LogP contribution in [0, 0.1) is 22.2 Å². The normalized spacial score (nSPS) is 34.0. The molecule has 0 heterocycles. The monoisotopic (exact) mass is 490 g/mol. The minimum absolute atomic E-state index is 0.0746. The summed E-state index contributed by atoms with van der Waals surface area (Å²) in [5, 5.41) is 10.5. The van der Waals surface area contributed by atoms with Crippen LogP contribution in [-0.4, -0.2) is 43.1 Å². The Kier molecular flexibility index (Phi) is 5.70. The van der Waals surface area contributed by atoms with Gasteiger partial charge in [0.1, 0.15) is 5.75 Å². The third kappa shape index (κ3) is 3.93. The summed E-state index contributed by atoms with van der Waals surface area (Å²) in [6.45, 7) is 4.74. The number of allylic oxidation sites excluding steroid dienone is 1. The number of halogens is 6. The Morgan fingerprint density at radius 2 is 1.65 bits per heavy atom. The summed E-state index contributed by atoms with van der Waals surface area (Å²) in [7, 11) is 0. The maximum atomic E-state index is 13.1. The fourth-order valence-corrected chi connectivity index (χ4v) is 5.94. The Morgan fingerprint density at radius 1 is 1.00 bits per heavy atom. The highest BCUT2D eigenvalue weighted by Crippen LogP contribution is 2.90. The molecule has 5 atom stereocenters. The third-order valence-corrected chi connectivity index (χ3v) is 7.88. The molecule has 0 amide bonds. The largest absolute Gasteiger partial charge is 0.494 e. The molecule has 2 saturated carbocycles. The molecule has 0 aliphatic heterocycles. The number of hydrogen-bond acceptors (Lipinski definition) is 2. The molecule has 5 unspecified atom stereocenters. The van der Waals surface area contributed by atoms with Gasteiger partial charge in [0.05, 0.1) is 30.8 Å². The Labute approximate surface area is 193 Å². The summed E-state index contributed by atoms with van der Waals surface area (Å²) < 4.78 is 88.9. The van der Waals surface area contributed by atoms with Crippen LogP contribution in [0.25, 0.3) is 0 Å². The first-order valence-corrected chi connectivity index (χ1v) is 11.1. The van der Waals surface area contributed by atoms with Crippen LogP contribution in [0.1, 0.15) is 38.7 Å². The van der Waals surface area contributed by atoms with Crippen LogP contribution in [0.2, 0.25) is 0 Å². The van der Waals surface area contributed by atoms with E-state index in [1.165, 1.54) is 24.3 Å². The van der Waals surface area contributed by atoms with Crippen molar-refractivity contribution in [2.45, 2.75) is 51.6 Å². The lowest BCUT2D eigenvalue weighted by atomic mass is 9.88. The number of nitrogens with two attached hydrogens (primary N) is 2. The van der Waals surface area contributed by atoms with Crippen molar-refractivity contribution in [1.82, 2.24) is 0 Å². The van der Waals surface area contributed by atoms with Gasteiger partial charge in [0.15, 0.2) is 0 Å². The van der Waals surface area contributed by atoms with E-state index in [-0.39, 0.29) is 27.9 Å². The van der Waals surface area contributed by atoms with Crippen LogP contribution in [0.4, 0.5) is 26.3 Å². The quantitative estimate of drug-likeness (QED) is 0.255. The van der Waals surface area contributed by atoms with Crippen molar-refractivity contribution in [2.24, 2.45) is 22.2 Å². The Morgan fingerprint density at radius 3 is 2.24 bits per heavy atom. The molecule has 0 bridgehead atoms. The van der Waals surface area contributed by atoms with Gasteiger partial charge in [-0.15, -0.1) is 0 Å². The van der Waals surface area contributed by atoms with Crippen LogP contribution in [0.3, 0.4) is 0 Å². The van der Waals surface area contributed by atoms with Crippen LogP contribution >= 0.6 is 0 Å². The van der Waals surface area contributed by atoms with Crippen LogP contribution < -0.4 is 15.6 Å². The van der Waals surface area contributed by atoms with E-state index in [9.17, 15) is 26.3 Å². The van der Waals surface area contributed by atoms with E-state index >= 15 is 0 Å². The first kappa shape index (κ1) is 24.8. The highest BCUT2D eigenvalue weighted by Gasteiger charge is 2.90. The first-order valence-electron chi connectivity index (χ1n) is 11.1. The molecular formula is C24H28F6N2O2+2. The van der Waals surface area contributed by atoms with Gasteiger partial charge in [0.2, 0.25) is 0 Å². The van der Waals surface area contributed by atoms with Crippen molar-refractivity contribution in [3.05, 3.63) is 42.0 Å². The van der Waals surface area contributed by atoms with Gasteiger partial charge in [-0.3, -0.25) is 5.41 Å². The van der Waals surface area contributed by atoms with Crippen molar-refractivity contribution in [1.29, 1.82) is 0 Å². The minimum atomic E-state index is -4.59. The van der Waals surface area contributed by atoms with Crippen LogP contribution in [0.5, 0.6) is 5.75 Å². The van der Waals surface area contributed by atoms with Gasteiger partial charge in [-0.05, 0) is 42.5 Å². The average molecular weight is 490 g/mol. The van der Waals surface area contributed by atoms with Crippen molar-refractivity contribution < 1.29 is 46.6 Å². The molecule has 4 rings (SSSR count). The summed E-state index contributed by atoms with van der Waals surface area (Å²) in [6, 6.07) is 5.36. The predicted molar refractivity (Wildman–Crippen MR) is 112 cm³/mol. The van der Waals surface area contributed by atoms with Crippen molar-refractivity contribution >= 4 is 11.4 Å². The highest BCUT2D eigenvalue weighted by molar-refractivity contribution is 6.00. The lowest BCUT2D eigenvalue weighted by molar-refractivity contribution is -0.174. The van der Waals surface area contributed by atoms with Gasteiger partial charge in [-0.25, -0.2) is 5.41 Å². The fourth-order valence-electron chi connectivity index (χ4n) is 5.94. The summed E-state index contributed by atoms with van der Waals surface area (Å²) >= 11 is 0. The zero-order valence-corrected chi connectivity index (χ0v) is 18.9. The lowest BCUT2D eigenvalue weighted by Crippen LogP contribution is -2.53. The van der Waals surface area contributed by atoms with Crippen molar-refractivity contribution in [3.8, 4) is 5.75 Å². The molecule has 0 aromatic heterocycles. The molecule has 3 aliphatic rings. The third-order valence-electron chi connectivity index (χ3n) is 7.88. The molecule has 1 aromatic carbocycles. The van der Waals surface area contributed by atoms with Gasteiger partial charge in [0.25, 0.3) is 11.4 Å². The van der Waals surface area contributed by atoms with E-state index in [4.69, 9.17) is 20.3 Å². The molecule has 2 fully saturated rings. The molecule has 1 spiro atoms. The van der Waals surface area contributed by atoms with Crippen molar-refractivity contribution in [3.63, 3.8) is 0 Å². The standard InChI is InChI=1S/C24H26F6N2O2/c1-20-12-15(18(32)24(28,29)30)8-9-21(2)19(22(20,21)13-20)34-11-3-10-33-16-6-4-14(5-7-16)17(31)23(25,26)27/h4-9,15,19,31-32H,3,10-13H2,1-2H3/p+2. The maximum Gasteiger partial charge on any atom is 0.477 e. The zero-order valence-electron chi connectivity index (χ0n) is 18.9. The summed E-state index contributed by atoms with van der Waals surface area (Å²) in [4.78, 5) is 0. The van der Waals surface area contributed by atoms with E-state index in [0.717, 1.165) is 6.42 Å². The van der Waals surface area contributed by atoms with E-state index in [0.29, 0.717) is 31.8 Å². The second-order valence-electron chi connectivity index (χ2n) is 10.0. The van der Waals surface area contributed by atoms with E-state index in [1.807, 2.05) is 19.9 Å². The van der Waals surface area contributed by atoms with Gasteiger partial charge in [0, 0.05) is 17.3 Å². The number of alkyl halides is 6. The Balaban J connectivity index is 1.26. The molecule has 4 nitrogen and oxygen atoms in total. The molecule has 4 N–H and O–H groups in total. The smallest absolute Gasteiger partial charge is 0.477 e. The summed E-state index contributed by atoms with van der Waals surface area (Å²) in [5.41, 5.74) is -2.98. The number of ether oxygens (including phenoxy) is 2. The SMILES string of the molecule is CC12CC(C(=[NH2+])C(F)(F)F)C=CC3(C)C(OCCCOc4ccc(C(=[NH2+])C(F)(F)F)cc4)C13C2. The summed E-state index contributed by atoms with van der Waals surface area (Å²) in [5.74, 6) is -0.401. The minimum Gasteiger partial charge on any atom is -0.494 e. The molecule has 10 heteroatoms. The van der Waals surface area contributed by atoms with E-state index < -0.39 is 29.7 Å². The molecule has 0 radical (unpaired) electrons. The first-order chi connectivity index (χ1) is 15.7. The predicted octanol–water partition coefficient (Wildman–Crippen LogP) is 2.71. The molecule has 0 saturated heterocycles. The highest BCUT2D eigenvalue weighted by atomic mass is 19.4. The lowest BCUT2D eigenvalue weighted by Gasteiger charge is -2.17. The van der Waals surface area contributed by atoms with E-state index in [1.54, 1.807) is 6.08 Å². The molecule has 1 aromatic rings. The topological polar surface area (TPSA) is 69.6 Å². The van der Waals surface area contributed by atoms with E-state index in [2.05, 4.69) is 0 Å². The second-order valence-corrected chi connectivity index (χ2v) is 10.0. The molecular weight excluding hydrogens is 462 g/mol. The van der Waals surface area contributed by atoms with Gasteiger partial charge >= 0.3 is 12.4 Å². The molecule has 3 aliphatic carbocycles. The Hall–Kier alpha value is -2.36. The van der Waals surface area contributed by atoms with Crippen molar-refractivity contribution in [2.75, 3.05) is 13.2 Å². The van der Waals surface area contributed by atoms with Crippen LogP contribution in [-0.2, 0) is 4.74 Å². The summed E-state index contributed by atoms with van der Waals surface area (Å²) in [6.07, 6.45) is -4.04. The Bertz CT molecular complexity index is 1020. The van der Waals surface area contributed by atoms with Gasteiger partial charge in [-0.1, -0.05) is 26.0 Å². The molecule has 186 valence electrons. The van der Waals surface area contributed by atoms with Gasteiger partial charge < -0.3 is 9.47 Å². The van der Waals surface area contributed by atoms with Gasteiger partial charge in [-0.2, -0.15) is 26.3 Å². The average Bonchev–Trinajstić information content (AvgIpc) is 3.53. The molecule has 34 heavy (non-hydrogen) atoms. The number of benzene rings is 1. The maximum absolute atomic E-state index is 13.1. The second kappa shape index (κ2) is 7.83.